The number of ketones is 4. The zero-order valence-corrected chi connectivity index (χ0v) is 38.7. The SMILES string of the molecule is CC(C)(C)C(=O)c1c(O)c(C(=O)C(C)(C)C)c(C(=O)CCC(N)C(=O)c2cc(O)cc3c2C2(OC(=O)c4ccccc42)c2ccc(O)cc2O3)c2c1Oc1cc(O)ccc1C21OC(=O)c2ccccc21. The molecule has 70 heavy (non-hydrogen) atoms. The molecule has 0 saturated heterocycles. The average Bonchev–Trinajstić information content (AvgIpc) is 3.76. The van der Waals surface area contributed by atoms with Crippen molar-refractivity contribution in [2.24, 2.45) is 16.6 Å². The lowest BCUT2D eigenvalue weighted by Crippen LogP contribution is -2.39. The molecule has 6 aromatic carbocycles. The van der Waals surface area contributed by atoms with Crippen LogP contribution < -0.4 is 15.2 Å². The third kappa shape index (κ3) is 6.44. The van der Waals surface area contributed by atoms with Gasteiger partial charge in [-0.1, -0.05) is 77.9 Å². The van der Waals surface area contributed by atoms with E-state index in [1.807, 2.05) is 0 Å². The van der Waals surface area contributed by atoms with E-state index >= 15 is 4.79 Å². The van der Waals surface area contributed by atoms with Crippen LogP contribution in [0.4, 0.5) is 0 Å². The van der Waals surface area contributed by atoms with Gasteiger partial charge in [0, 0.05) is 68.8 Å². The molecule has 3 atom stereocenters. The van der Waals surface area contributed by atoms with E-state index < -0.39 is 110 Å². The fourth-order valence-corrected chi connectivity index (χ4v) is 10.1. The van der Waals surface area contributed by atoms with Crippen molar-refractivity contribution in [2.45, 2.75) is 71.6 Å². The van der Waals surface area contributed by atoms with Gasteiger partial charge in [0.15, 0.2) is 40.1 Å². The molecule has 0 saturated carbocycles. The topological polar surface area (TPSA) is 246 Å². The molecular formula is C55H45NO14. The summed E-state index contributed by atoms with van der Waals surface area (Å²) in [7, 11) is 0. The van der Waals surface area contributed by atoms with E-state index in [0.717, 1.165) is 6.07 Å². The number of benzene rings is 6. The zero-order valence-electron chi connectivity index (χ0n) is 38.7. The van der Waals surface area contributed by atoms with Crippen LogP contribution in [0.2, 0.25) is 0 Å². The van der Waals surface area contributed by atoms with Crippen LogP contribution in [0.25, 0.3) is 0 Å². The van der Waals surface area contributed by atoms with Crippen molar-refractivity contribution in [1.29, 1.82) is 0 Å². The molecule has 2 spiro atoms. The van der Waals surface area contributed by atoms with Crippen molar-refractivity contribution in [2.75, 3.05) is 0 Å². The summed E-state index contributed by atoms with van der Waals surface area (Å²) in [4.78, 5) is 87.7. The smallest absolute Gasteiger partial charge is 0.340 e. The number of hydrogen-bond donors (Lipinski definition) is 5. The zero-order chi connectivity index (χ0) is 50.1. The molecule has 0 aliphatic carbocycles. The maximum atomic E-state index is 15.5. The summed E-state index contributed by atoms with van der Waals surface area (Å²) in [5.74, 6) is -6.90. The number of nitrogens with two attached hydrogens (primary N) is 1. The number of hydrogen-bond acceptors (Lipinski definition) is 15. The van der Waals surface area contributed by atoms with Crippen LogP contribution in [0, 0.1) is 10.8 Å². The van der Waals surface area contributed by atoms with Crippen molar-refractivity contribution >= 4 is 35.1 Å². The minimum absolute atomic E-state index is 0.0234. The maximum absolute atomic E-state index is 15.5. The highest BCUT2D eigenvalue weighted by Gasteiger charge is 2.59. The second kappa shape index (κ2) is 15.4. The Labute approximate surface area is 400 Å². The number of carbonyl (C=O) groups is 6. The Kier molecular flexibility index (Phi) is 9.98. The molecule has 3 unspecified atom stereocenters. The maximum Gasteiger partial charge on any atom is 0.340 e. The van der Waals surface area contributed by atoms with Gasteiger partial charge in [0.1, 0.15) is 45.8 Å². The van der Waals surface area contributed by atoms with E-state index in [4.69, 9.17) is 24.7 Å². The number of rotatable bonds is 8. The predicted molar refractivity (Wildman–Crippen MR) is 249 cm³/mol. The van der Waals surface area contributed by atoms with E-state index in [0.29, 0.717) is 5.56 Å². The molecule has 6 aromatic rings. The number of ether oxygens (including phenoxy) is 4. The van der Waals surface area contributed by atoms with Crippen LogP contribution in [-0.4, -0.2) is 61.5 Å². The summed E-state index contributed by atoms with van der Waals surface area (Å²) in [5.41, 5.74) is -0.424. The van der Waals surface area contributed by atoms with Crippen LogP contribution in [-0.2, 0) is 20.7 Å². The number of Topliss-reactive ketones (excluding diaryl/α,β-unsaturated/α-hetero) is 4. The van der Waals surface area contributed by atoms with E-state index in [1.165, 1.54) is 48.5 Å². The molecule has 4 aliphatic heterocycles. The highest BCUT2D eigenvalue weighted by molar-refractivity contribution is 6.19. The standard InChI is InChI=1S/C55H45NO14/c1-52(2,3)48(63)41-40(44-47(42(46(41)62)49(64)53(4,5)6)68-38-23-26(58)16-18-34(38)55(44)32-14-10-8-12-29(32)51(66)70-55)36(60)20-19-35(56)45(61)30-21-27(59)24-39-43(30)54(33-17-15-25(57)22-37(33)67-39)31-13-9-7-11-28(31)50(65)69-54/h7-18,21-24,35,57-59,62H,19-20,56H2,1-6H3. The Bertz CT molecular complexity index is 3390. The Morgan fingerprint density at radius 3 is 1.60 bits per heavy atom. The largest absolute Gasteiger partial charge is 0.508 e. The number of phenolic OH excluding ortho intramolecular Hbond substituents is 4. The fraction of sp³-hybridized carbons (Fsp3) is 0.236. The lowest BCUT2D eigenvalue weighted by Gasteiger charge is -2.40. The Balaban J connectivity index is 1.15. The molecule has 15 nitrogen and oxygen atoms in total. The van der Waals surface area contributed by atoms with E-state index in [1.54, 1.807) is 84.0 Å². The molecule has 15 heteroatoms. The van der Waals surface area contributed by atoms with Gasteiger partial charge in [0.2, 0.25) is 0 Å². The first-order valence-electron chi connectivity index (χ1n) is 22.4. The Hall–Kier alpha value is -8.30. The van der Waals surface area contributed by atoms with Gasteiger partial charge in [0.25, 0.3) is 0 Å². The minimum atomic E-state index is -2.11. The minimum Gasteiger partial charge on any atom is -0.508 e. The van der Waals surface area contributed by atoms with Crippen molar-refractivity contribution in [1.82, 2.24) is 0 Å². The van der Waals surface area contributed by atoms with Gasteiger partial charge in [-0.3, -0.25) is 19.2 Å². The molecule has 0 bridgehead atoms. The van der Waals surface area contributed by atoms with Crippen molar-refractivity contribution < 1.29 is 68.1 Å². The van der Waals surface area contributed by atoms with Gasteiger partial charge in [0.05, 0.1) is 33.9 Å². The summed E-state index contributed by atoms with van der Waals surface area (Å²) < 4.78 is 25.3. The highest BCUT2D eigenvalue weighted by Crippen LogP contribution is 2.62. The van der Waals surface area contributed by atoms with Crippen molar-refractivity contribution in [3.63, 3.8) is 0 Å². The number of fused-ring (bicyclic) bond motifs is 12. The number of aromatic hydroxyl groups is 4. The van der Waals surface area contributed by atoms with Crippen LogP contribution in [0.3, 0.4) is 0 Å². The number of phenols is 4. The lowest BCUT2D eigenvalue weighted by molar-refractivity contribution is 0.0210. The number of esters is 2. The van der Waals surface area contributed by atoms with Gasteiger partial charge < -0.3 is 45.1 Å². The normalized spacial score (nSPS) is 18.5. The van der Waals surface area contributed by atoms with Gasteiger partial charge in [-0.05, 0) is 48.9 Å². The third-order valence-electron chi connectivity index (χ3n) is 13.3. The molecule has 10 rings (SSSR count). The van der Waals surface area contributed by atoms with Crippen LogP contribution in [0.15, 0.2) is 97.1 Å². The lowest BCUT2D eigenvalue weighted by atomic mass is 9.70. The van der Waals surface area contributed by atoms with Gasteiger partial charge in [-0.15, -0.1) is 0 Å². The first kappa shape index (κ1) is 45.5. The van der Waals surface area contributed by atoms with Crippen LogP contribution in [0.1, 0.15) is 150 Å². The van der Waals surface area contributed by atoms with Gasteiger partial charge >= 0.3 is 11.9 Å². The second-order valence-corrected chi connectivity index (χ2v) is 19.9. The summed E-state index contributed by atoms with van der Waals surface area (Å²) >= 11 is 0. The summed E-state index contributed by atoms with van der Waals surface area (Å²) in [6.07, 6.45) is -1.04. The van der Waals surface area contributed by atoms with Crippen LogP contribution >= 0.6 is 0 Å². The number of carbonyl (C=O) groups excluding carboxylic acids is 6. The van der Waals surface area contributed by atoms with Gasteiger partial charge in [-0.25, -0.2) is 9.59 Å². The monoisotopic (exact) mass is 943 g/mol. The van der Waals surface area contributed by atoms with Gasteiger partial charge in [-0.2, -0.15) is 0 Å². The predicted octanol–water partition coefficient (Wildman–Crippen LogP) is 9.28. The molecule has 6 N–H and O–H groups in total. The summed E-state index contributed by atoms with van der Waals surface area (Å²) in [6.45, 7) is 9.44. The van der Waals surface area contributed by atoms with Crippen molar-refractivity contribution in [3.05, 3.63) is 164 Å². The molecule has 0 aromatic heterocycles. The molecule has 0 amide bonds. The van der Waals surface area contributed by atoms with E-state index in [2.05, 4.69) is 0 Å². The molecular weight excluding hydrogens is 899 g/mol. The molecule has 0 radical (unpaired) electrons. The van der Waals surface area contributed by atoms with Crippen molar-refractivity contribution in [3.8, 4) is 46.0 Å². The second-order valence-electron chi connectivity index (χ2n) is 19.9. The summed E-state index contributed by atoms with van der Waals surface area (Å²) in [6, 6.07) is 21.9. The molecule has 4 aliphatic rings. The average molecular weight is 944 g/mol. The highest BCUT2D eigenvalue weighted by atomic mass is 16.6. The van der Waals surface area contributed by atoms with Crippen LogP contribution in [0.5, 0.6) is 46.0 Å². The quantitative estimate of drug-likeness (QED) is 0.0705. The first-order valence-corrected chi connectivity index (χ1v) is 22.4. The fourth-order valence-electron chi connectivity index (χ4n) is 10.1. The van der Waals surface area contributed by atoms with E-state index in [-0.39, 0.29) is 73.3 Å². The first-order chi connectivity index (χ1) is 33.0. The summed E-state index contributed by atoms with van der Waals surface area (Å²) in [5, 5.41) is 44.7. The Morgan fingerprint density at radius 1 is 0.571 bits per heavy atom. The molecule has 0 fully saturated rings. The third-order valence-corrected chi connectivity index (χ3v) is 13.3. The Morgan fingerprint density at radius 2 is 1.06 bits per heavy atom. The molecule has 4 heterocycles. The molecule has 354 valence electrons. The van der Waals surface area contributed by atoms with E-state index in [9.17, 15) is 44.4 Å².